The average molecular weight is 368 g/mol. The molecular weight excluding hydrogens is 352 g/mol. The number of carbonyl (C=O) groups is 1. The van der Waals surface area contributed by atoms with Crippen molar-refractivity contribution in [3.63, 3.8) is 0 Å². The van der Waals surface area contributed by atoms with E-state index >= 15 is 0 Å². The molecule has 0 atom stereocenters. The lowest BCUT2D eigenvalue weighted by atomic mass is 10.3. The molecule has 3 aromatic heterocycles. The smallest absolute Gasteiger partial charge is 0.273 e. The Labute approximate surface area is 154 Å². The van der Waals surface area contributed by atoms with Gasteiger partial charge in [-0.1, -0.05) is 0 Å². The van der Waals surface area contributed by atoms with Crippen molar-refractivity contribution in [3.05, 3.63) is 48.4 Å². The highest BCUT2D eigenvalue weighted by Gasteiger charge is 2.16. The lowest BCUT2D eigenvalue weighted by molar-refractivity contribution is 0.0958. The first-order valence-electron chi connectivity index (χ1n) is 7.62. The summed E-state index contributed by atoms with van der Waals surface area (Å²) >= 11 is 1.55. The monoisotopic (exact) mass is 368 g/mol. The topological polar surface area (TPSA) is 118 Å². The number of hydrogen-bond donors (Lipinski definition) is 3. The lowest BCUT2D eigenvalue weighted by Crippen LogP contribution is -2.21. The molecule has 10 heteroatoms. The molecule has 0 spiro atoms. The number of nitrogens with one attached hydrogen (secondary N) is 3. The predicted octanol–water partition coefficient (Wildman–Crippen LogP) is 2.23. The maximum atomic E-state index is 12.1. The summed E-state index contributed by atoms with van der Waals surface area (Å²) < 4.78 is 0. The molecule has 0 aliphatic carbocycles. The molecule has 3 rings (SSSR count). The maximum absolute atomic E-state index is 12.1. The van der Waals surface area contributed by atoms with E-state index in [2.05, 4.69) is 41.3 Å². The van der Waals surface area contributed by atoms with Gasteiger partial charge in [0.25, 0.3) is 5.91 Å². The Balaban J connectivity index is 1.96. The van der Waals surface area contributed by atoms with Crippen molar-refractivity contribution in [2.24, 2.45) is 0 Å². The van der Waals surface area contributed by atoms with Gasteiger partial charge in [-0.05, 0) is 30.5 Å². The highest BCUT2D eigenvalue weighted by Crippen LogP contribution is 2.28. The third kappa shape index (κ3) is 4.03. The van der Waals surface area contributed by atoms with Gasteiger partial charge in [-0.3, -0.25) is 4.79 Å². The van der Waals surface area contributed by atoms with Crippen LogP contribution in [0.15, 0.2) is 47.6 Å². The second kappa shape index (κ2) is 8.21. The van der Waals surface area contributed by atoms with Crippen molar-refractivity contribution < 1.29 is 4.79 Å². The molecule has 3 N–H and O–H groups in total. The fourth-order valence-corrected chi connectivity index (χ4v) is 2.62. The number of aromatic nitrogens is 5. The SMILES string of the molecule is CNC(=O)c1nnc(Nc2cccnn2)cc1Nc1ncccc1SC. The van der Waals surface area contributed by atoms with E-state index in [1.54, 1.807) is 42.4 Å². The van der Waals surface area contributed by atoms with Gasteiger partial charge in [-0.2, -0.15) is 5.10 Å². The van der Waals surface area contributed by atoms with Gasteiger partial charge < -0.3 is 16.0 Å². The van der Waals surface area contributed by atoms with E-state index in [1.165, 1.54) is 7.05 Å². The predicted molar refractivity (Wildman–Crippen MR) is 100 cm³/mol. The Morgan fingerprint density at radius 1 is 1.04 bits per heavy atom. The van der Waals surface area contributed by atoms with Crippen LogP contribution in [0.1, 0.15) is 10.5 Å². The first-order chi connectivity index (χ1) is 12.7. The van der Waals surface area contributed by atoms with E-state index in [0.717, 1.165) is 4.90 Å². The molecule has 132 valence electrons. The minimum atomic E-state index is -0.354. The van der Waals surface area contributed by atoms with Crippen molar-refractivity contribution in [3.8, 4) is 0 Å². The summed E-state index contributed by atoms with van der Waals surface area (Å²) in [5.74, 6) is 1.21. The van der Waals surface area contributed by atoms with E-state index < -0.39 is 0 Å². The first-order valence-corrected chi connectivity index (χ1v) is 8.84. The van der Waals surface area contributed by atoms with Crippen molar-refractivity contribution in [2.45, 2.75) is 4.90 Å². The van der Waals surface area contributed by atoms with E-state index in [0.29, 0.717) is 23.1 Å². The van der Waals surface area contributed by atoms with Crippen LogP contribution >= 0.6 is 11.8 Å². The maximum Gasteiger partial charge on any atom is 0.273 e. The van der Waals surface area contributed by atoms with E-state index in [1.807, 2.05) is 18.4 Å². The molecule has 0 saturated carbocycles. The summed E-state index contributed by atoms with van der Waals surface area (Å²) in [6.07, 6.45) is 5.20. The Morgan fingerprint density at radius 2 is 1.88 bits per heavy atom. The van der Waals surface area contributed by atoms with Gasteiger partial charge in [0.15, 0.2) is 17.3 Å². The van der Waals surface area contributed by atoms with Crippen molar-refractivity contribution in [1.82, 2.24) is 30.7 Å². The standard InChI is InChI=1S/C16H16N8OS/c1-17-16(25)14-10(20-15-11(26-2)5-3-7-18-15)9-13(23-24-14)21-12-6-4-8-19-22-12/h3-9H,1-2H3,(H,17,25)(H2,18,20,21,22,23). The minimum absolute atomic E-state index is 0.162. The molecule has 0 aliphatic rings. The number of nitrogens with zero attached hydrogens (tertiary/aromatic N) is 5. The van der Waals surface area contributed by atoms with E-state index in [-0.39, 0.29) is 11.6 Å². The van der Waals surface area contributed by atoms with Gasteiger partial charge in [-0.25, -0.2) is 4.98 Å². The van der Waals surface area contributed by atoms with E-state index in [4.69, 9.17) is 0 Å². The van der Waals surface area contributed by atoms with Crippen LogP contribution < -0.4 is 16.0 Å². The molecule has 3 aromatic rings. The zero-order valence-corrected chi connectivity index (χ0v) is 14.9. The number of pyridine rings is 1. The molecule has 0 unspecified atom stereocenters. The molecule has 3 heterocycles. The Bertz CT molecular complexity index is 906. The van der Waals surface area contributed by atoms with Crippen LogP contribution in [0.5, 0.6) is 0 Å². The zero-order valence-electron chi connectivity index (χ0n) is 14.1. The molecule has 0 bridgehead atoms. The molecule has 0 saturated heterocycles. The summed E-state index contributed by atoms with van der Waals surface area (Å²) in [6.45, 7) is 0. The van der Waals surface area contributed by atoms with Crippen LogP contribution in [0.3, 0.4) is 0 Å². The highest BCUT2D eigenvalue weighted by atomic mass is 32.2. The number of thioether (sulfide) groups is 1. The molecular formula is C16H16N8OS. The van der Waals surface area contributed by atoms with Crippen molar-refractivity contribution in [2.75, 3.05) is 23.9 Å². The van der Waals surface area contributed by atoms with Crippen LogP contribution in [0.2, 0.25) is 0 Å². The van der Waals surface area contributed by atoms with Crippen LogP contribution in [0.4, 0.5) is 23.1 Å². The second-order valence-electron chi connectivity index (χ2n) is 4.98. The van der Waals surface area contributed by atoms with Crippen LogP contribution in [-0.2, 0) is 0 Å². The zero-order chi connectivity index (χ0) is 18.4. The van der Waals surface area contributed by atoms with Gasteiger partial charge >= 0.3 is 0 Å². The molecule has 0 radical (unpaired) electrons. The second-order valence-corrected chi connectivity index (χ2v) is 5.83. The summed E-state index contributed by atoms with van der Waals surface area (Å²) in [5.41, 5.74) is 0.634. The van der Waals surface area contributed by atoms with Crippen molar-refractivity contribution >= 4 is 40.8 Å². The fraction of sp³-hybridized carbons (Fsp3) is 0.125. The number of amides is 1. The fourth-order valence-electron chi connectivity index (χ4n) is 2.11. The van der Waals surface area contributed by atoms with E-state index in [9.17, 15) is 4.79 Å². The molecule has 9 nitrogen and oxygen atoms in total. The Kier molecular flexibility index (Phi) is 5.54. The molecule has 0 aliphatic heterocycles. The lowest BCUT2D eigenvalue weighted by Gasteiger charge is -2.13. The van der Waals surface area contributed by atoms with Gasteiger partial charge in [0.2, 0.25) is 0 Å². The third-order valence-electron chi connectivity index (χ3n) is 3.31. The van der Waals surface area contributed by atoms with Crippen LogP contribution in [0, 0.1) is 0 Å². The summed E-state index contributed by atoms with van der Waals surface area (Å²) in [5, 5.41) is 24.5. The van der Waals surface area contributed by atoms with Gasteiger partial charge in [0.1, 0.15) is 5.82 Å². The first kappa shape index (κ1) is 17.5. The molecule has 0 aromatic carbocycles. The highest BCUT2D eigenvalue weighted by molar-refractivity contribution is 7.98. The normalized spacial score (nSPS) is 10.2. The summed E-state index contributed by atoms with van der Waals surface area (Å²) in [7, 11) is 1.54. The quantitative estimate of drug-likeness (QED) is 0.563. The van der Waals surface area contributed by atoms with Crippen LogP contribution in [-0.4, -0.2) is 44.6 Å². The van der Waals surface area contributed by atoms with Crippen LogP contribution in [0.25, 0.3) is 0 Å². The number of carbonyl (C=O) groups excluding carboxylic acids is 1. The van der Waals surface area contributed by atoms with Gasteiger partial charge in [-0.15, -0.1) is 27.1 Å². The molecule has 1 amide bonds. The largest absolute Gasteiger partial charge is 0.354 e. The third-order valence-corrected chi connectivity index (χ3v) is 4.08. The number of anilines is 4. The molecule has 26 heavy (non-hydrogen) atoms. The Morgan fingerprint density at radius 3 is 2.62 bits per heavy atom. The van der Waals surface area contributed by atoms with Crippen molar-refractivity contribution in [1.29, 1.82) is 0 Å². The minimum Gasteiger partial charge on any atom is -0.354 e. The van der Waals surface area contributed by atoms with Gasteiger partial charge in [0.05, 0.1) is 5.69 Å². The molecule has 0 fully saturated rings. The average Bonchev–Trinajstić information content (AvgIpc) is 2.69. The summed E-state index contributed by atoms with van der Waals surface area (Å²) in [6, 6.07) is 8.96. The van der Waals surface area contributed by atoms with Gasteiger partial charge in [0, 0.05) is 30.4 Å². The number of rotatable bonds is 6. The number of hydrogen-bond acceptors (Lipinski definition) is 9. The summed E-state index contributed by atoms with van der Waals surface area (Å²) in [4.78, 5) is 17.4. The Hall–Kier alpha value is -3.27.